The second kappa shape index (κ2) is 9.11. The van der Waals surface area contributed by atoms with E-state index in [2.05, 4.69) is 15.8 Å². The lowest BCUT2D eigenvalue weighted by atomic mass is 10.1. The number of furan rings is 1. The van der Waals surface area contributed by atoms with Crippen LogP contribution >= 0.6 is 0 Å². The summed E-state index contributed by atoms with van der Waals surface area (Å²) < 4.78 is 15.4. The lowest BCUT2D eigenvalue weighted by molar-refractivity contribution is -0.139. The van der Waals surface area contributed by atoms with Gasteiger partial charge in [-0.2, -0.15) is 5.10 Å². The molecule has 2 aromatic rings. The quantitative estimate of drug-likeness (QED) is 0.444. The maximum Gasteiger partial charge on any atom is 0.329 e. The van der Waals surface area contributed by atoms with E-state index in [0.717, 1.165) is 5.56 Å². The van der Waals surface area contributed by atoms with Crippen LogP contribution in [-0.4, -0.2) is 38.8 Å². The molecule has 2 N–H and O–H groups in total. The van der Waals surface area contributed by atoms with Gasteiger partial charge in [-0.25, -0.2) is 5.43 Å². The van der Waals surface area contributed by atoms with Crippen molar-refractivity contribution in [1.82, 2.24) is 10.7 Å². The van der Waals surface area contributed by atoms with E-state index in [1.165, 1.54) is 12.5 Å². The molecule has 1 heterocycles. The first-order valence-electron chi connectivity index (χ1n) is 7.49. The summed E-state index contributed by atoms with van der Waals surface area (Å²) in [5.41, 5.74) is 3.06. The maximum absolute atomic E-state index is 11.7. The van der Waals surface area contributed by atoms with E-state index in [9.17, 15) is 9.59 Å². The predicted molar refractivity (Wildman–Crippen MR) is 90.7 cm³/mol. The summed E-state index contributed by atoms with van der Waals surface area (Å²) in [5.74, 6) is 0.0850. The average molecular weight is 345 g/mol. The fraction of sp³-hybridized carbons (Fsp3) is 0.235. The first kappa shape index (κ1) is 18.1. The van der Waals surface area contributed by atoms with Crippen molar-refractivity contribution in [2.45, 2.75) is 6.42 Å². The molecule has 1 aromatic heterocycles. The van der Waals surface area contributed by atoms with Gasteiger partial charge in [0.2, 0.25) is 0 Å². The third-order valence-electron chi connectivity index (χ3n) is 3.25. The highest BCUT2D eigenvalue weighted by Crippen LogP contribution is 2.27. The van der Waals surface area contributed by atoms with Crippen LogP contribution in [-0.2, 0) is 16.0 Å². The normalized spacial score (nSPS) is 10.5. The molecule has 0 aliphatic heterocycles. The van der Waals surface area contributed by atoms with Crippen molar-refractivity contribution in [1.29, 1.82) is 0 Å². The Hall–Kier alpha value is -3.29. The lowest BCUT2D eigenvalue weighted by Crippen LogP contribution is -2.38. The molecule has 0 atom stereocenters. The van der Waals surface area contributed by atoms with Crippen LogP contribution in [0.3, 0.4) is 0 Å². The Labute approximate surface area is 144 Å². The minimum atomic E-state index is -0.852. The third-order valence-corrected chi connectivity index (χ3v) is 3.25. The molecule has 0 saturated heterocycles. The third kappa shape index (κ3) is 5.38. The summed E-state index contributed by atoms with van der Waals surface area (Å²) in [7, 11) is 3.11. The number of ether oxygens (including phenoxy) is 2. The fourth-order valence-corrected chi connectivity index (χ4v) is 2.01. The Morgan fingerprint density at radius 3 is 2.64 bits per heavy atom. The summed E-state index contributed by atoms with van der Waals surface area (Å²) in [6, 6.07) is 8.81. The number of carbonyl (C=O) groups is 2. The van der Waals surface area contributed by atoms with Gasteiger partial charge in [-0.1, -0.05) is 6.07 Å². The minimum Gasteiger partial charge on any atom is -0.493 e. The first-order chi connectivity index (χ1) is 12.1. The fourth-order valence-electron chi connectivity index (χ4n) is 2.01. The zero-order chi connectivity index (χ0) is 18.1. The van der Waals surface area contributed by atoms with Crippen molar-refractivity contribution in [2.24, 2.45) is 5.10 Å². The molecule has 0 spiro atoms. The molecular weight excluding hydrogens is 326 g/mol. The zero-order valence-corrected chi connectivity index (χ0v) is 13.9. The summed E-state index contributed by atoms with van der Waals surface area (Å²) in [5, 5.41) is 6.15. The Kier molecular flexibility index (Phi) is 6.58. The van der Waals surface area contributed by atoms with Gasteiger partial charge in [0.05, 0.1) is 26.7 Å². The number of rotatable bonds is 7. The summed E-state index contributed by atoms with van der Waals surface area (Å²) >= 11 is 0. The van der Waals surface area contributed by atoms with E-state index in [0.29, 0.717) is 30.2 Å². The van der Waals surface area contributed by atoms with Crippen molar-refractivity contribution in [3.8, 4) is 11.5 Å². The van der Waals surface area contributed by atoms with Crippen molar-refractivity contribution in [3.63, 3.8) is 0 Å². The standard InChI is InChI=1S/C17H19N3O5/c1-23-14-6-5-12(10-15(14)24-2)7-8-18-16(21)17(22)20-19-11-13-4-3-9-25-13/h3-6,9-11H,7-8H2,1-2H3,(H,18,21)(H,20,22)/b19-11-. The highest BCUT2D eigenvalue weighted by atomic mass is 16.5. The molecule has 0 bridgehead atoms. The van der Waals surface area contributed by atoms with Crippen LogP contribution in [0.2, 0.25) is 0 Å². The number of hydrazone groups is 1. The second-order valence-corrected chi connectivity index (χ2v) is 4.91. The predicted octanol–water partition coefficient (Wildman–Crippen LogP) is 1.11. The van der Waals surface area contributed by atoms with Gasteiger partial charge in [0.25, 0.3) is 0 Å². The number of carbonyl (C=O) groups excluding carboxylic acids is 2. The molecule has 132 valence electrons. The van der Waals surface area contributed by atoms with Crippen molar-refractivity contribution in [2.75, 3.05) is 20.8 Å². The molecule has 25 heavy (non-hydrogen) atoms. The topological polar surface area (TPSA) is 102 Å². The molecule has 0 saturated carbocycles. The summed E-state index contributed by atoms with van der Waals surface area (Å²) in [6.45, 7) is 0.295. The first-order valence-corrected chi connectivity index (χ1v) is 7.49. The van der Waals surface area contributed by atoms with Crippen LogP contribution in [0.4, 0.5) is 0 Å². The lowest BCUT2D eigenvalue weighted by Gasteiger charge is -2.09. The molecular formula is C17H19N3O5. The SMILES string of the molecule is COc1ccc(CCNC(=O)C(=O)N/N=C\c2ccco2)cc1OC. The number of hydrogen-bond acceptors (Lipinski definition) is 6. The van der Waals surface area contributed by atoms with Crippen LogP contribution in [0.25, 0.3) is 0 Å². The molecule has 0 unspecified atom stereocenters. The summed E-state index contributed by atoms with van der Waals surface area (Å²) in [4.78, 5) is 23.3. The second-order valence-electron chi connectivity index (χ2n) is 4.91. The zero-order valence-electron chi connectivity index (χ0n) is 13.9. The van der Waals surface area contributed by atoms with Gasteiger partial charge in [0.15, 0.2) is 11.5 Å². The Bertz CT molecular complexity index is 741. The molecule has 2 rings (SSSR count). The smallest absolute Gasteiger partial charge is 0.329 e. The van der Waals surface area contributed by atoms with E-state index >= 15 is 0 Å². The number of amides is 2. The number of hydrogen-bond donors (Lipinski definition) is 2. The highest BCUT2D eigenvalue weighted by molar-refractivity contribution is 6.35. The van der Waals surface area contributed by atoms with Crippen molar-refractivity contribution < 1.29 is 23.5 Å². The van der Waals surface area contributed by atoms with E-state index < -0.39 is 11.8 Å². The van der Waals surface area contributed by atoms with Crippen LogP contribution in [0.5, 0.6) is 11.5 Å². The van der Waals surface area contributed by atoms with E-state index in [1.807, 2.05) is 12.1 Å². The largest absolute Gasteiger partial charge is 0.493 e. The molecule has 0 radical (unpaired) electrons. The average Bonchev–Trinajstić information content (AvgIpc) is 3.14. The van der Waals surface area contributed by atoms with Crippen molar-refractivity contribution >= 4 is 18.0 Å². The van der Waals surface area contributed by atoms with Crippen molar-refractivity contribution in [3.05, 3.63) is 47.9 Å². The van der Waals surface area contributed by atoms with Crippen LogP contribution in [0, 0.1) is 0 Å². The number of methoxy groups -OCH3 is 2. The molecule has 8 heteroatoms. The number of benzene rings is 1. The Morgan fingerprint density at radius 2 is 1.96 bits per heavy atom. The van der Waals surface area contributed by atoms with Crippen LogP contribution < -0.4 is 20.2 Å². The molecule has 0 aliphatic carbocycles. The van der Waals surface area contributed by atoms with Gasteiger partial charge in [0, 0.05) is 6.54 Å². The van der Waals surface area contributed by atoms with E-state index in [1.54, 1.807) is 32.4 Å². The van der Waals surface area contributed by atoms with Gasteiger partial charge in [-0.05, 0) is 36.2 Å². The number of nitrogens with zero attached hydrogens (tertiary/aromatic N) is 1. The van der Waals surface area contributed by atoms with Crippen LogP contribution in [0.1, 0.15) is 11.3 Å². The molecule has 8 nitrogen and oxygen atoms in total. The molecule has 1 aromatic carbocycles. The van der Waals surface area contributed by atoms with Crippen LogP contribution in [0.15, 0.2) is 46.1 Å². The van der Waals surface area contributed by atoms with Gasteiger partial charge < -0.3 is 19.2 Å². The monoisotopic (exact) mass is 345 g/mol. The molecule has 0 aliphatic rings. The van der Waals surface area contributed by atoms with Gasteiger partial charge in [-0.15, -0.1) is 0 Å². The summed E-state index contributed by atoms with van der Waals surface area (Å²) in [6.07, 6.45) is 3.31. The van der Waals surface area contributed by atoms with Gasteiger partial charge in [-0.3, -0.25) is 9.59 Å². The number of nitrogens with one attached hydrogen (secondary N) is 2. The molecule has 2 amide bonds. The highest BCUT2D eigenvalue weighted by Gasteiger charge is 2.12. The minimum absolute atomic E-state index is 0.295. The van der Waals surface area contributed by atoms with Gasteiger partial charge >= 0.3 is 11.8 Å². The van der Waals surface area contributed by atoms with Gasteiger partial charge in [0.1, 0.15) is 5.76 Å². The molecule has 0 fully saturated rings. The Balaban J connectivity index is 1.77. The van der Waals surface area contributed by atoms with E-state index in [4.69, 9.17) is 13.9 Å². The Morgan fingerprint density at radius 1 is 1.16 bits per heavy atom. The van der Waals surface area contributed by atoms with E-state index in [-0.39, 0.29) is 0 Å². The maximum atomic E-state index is 11.7.